The predicted octanol–water partition coefficient (Wildman–Crippen LogP) is 3.39. The average Bonchev–Trinajstić information content (AvgIpc) is 3.27. The summed E-state index contributed by atoms with van der Waals surface area (Å²) in [4.78, 5) is 31.5. The number of ether oxygens (including phenoxy) is 2. The minimum absolute atomic E-state index is 0.264. The number of benzene rings is 1. The van der Waals surface area contributed by atoms with E-state index in [1.165, 1.54) is 11.3 Å². The summed E-state index contributed by atoms with van der Waals surface area (Å²) in [5, 5.41) is 2.69. The molecule has 2 aliphatic rings. The summed E-state index contributed by atoms with van der Waals surface area (Å²) in [5.41, 5.74) is -0.431. The maximum atomic E-state index is 12.5. The highest BCUT2D eigenvalue weighted by Gasteiger charge is 2.65. The van der Waals surface area contributed by atoms with E-state index < -0.39 is 23.0 Å². The van der Waals surface area contributed by atoms with E-state index in [1.54, 1.807) is 6.92 Å². The van der Waals surface area contributed by atoms with Gasteiger partial charge in [-0.25, -0.2) is 4.98 Å². The standard InChI is InChI=1S/C19H20N2O4S/c1-12-9-19(15(22)24-12)11-18(2,25-16(19)23)14-10-26-17(20-14)21(3)13-7-5-4-6-8-13/h4-8,10,12H,9,11H2,1-3H3/t12-,18+,19+/m1/s1. The van der Waals surface area contributed by atoms with Crippen molar-refractivity contribution < 1.29 is 19.1 Å². The first-order chi connectivity index (χ1) is 12.3. The molecule has 2 saturated heterocycles. The Balaban J connectivity index is 1.62. The summed E-state index contributed by atoms with van der Waals surface area (Å²) >= 11 is 1.48. The Morgan fingerprint density at radius 2 is 1.96 bits per heavy atom. The van der Waals surface area contributed by atoms with Gasteiger partial charge in [0.25, 0.3) is 0 Å². The largest absolute Gasteiger partial charge is 0.462 e. The Bertz CT molecular complexity index is 867. The van der Waals surface area contributed by atoms with E-state index in [9.17, 15) is 9.59 Å². The molecule has 2 aliphatic heterocycles. The number of cyclic esters (lactones) is 2. The number of carbonyl (C=O) groups excluding carboxylic acids is 2. The zero-order valence-corrected chi connectivity index (χ0v) is 15.7. The van der Waals surface area contributed by atoms with E-state index >= 15 is 0 Å². The van der Waals surface area contributed by atoms with Crippen LogP contribution in [0.5, 0.6) is 0 Å². The maximum Gasteiger partial charge on any atom is 0.324 e. The summed E-state index contributed by atoms with van der Waals surface area (Å²) < 4.78 is 10.9. The van der Waals surface area contributed by atoms with Crippen LogP contribution in [-0.4, -0.2) is 30.1 Å². The second kappa shape index (κ2) is 5.81. The normalized spacial score (nSPS) is 30.5. The molecule has 3 atom stereocenters. The first kappa shape index (κ1) is 17.0. The molecule has 0 unspecified atom stereocenters. The Morgan fingerprint density at radius 3 is 2.62 bits per heavy atom. The van der Waals surface area contributed by atoms with Crippen molar-refractivity contribution in [1.82, 2.24) is 4.98 Å². The summed E-state index contributed by atoms with van der Waals surface area (Å²) in [6.07, 6.45) is 0.356. The van der Waals surface area contributed by atoms with E-state index in [4.69, 9.17) is 9.47 Å². The van der Waals surface area contributed by atoms with Crippen LogP contribution in [0, 0.1) is 5.41 Å². The van der Waals surface area contributed by atoms with Gasteiger partial charge < -0.3 is 14.4 Å². The van der Waals surface area contributed by atoms with Crippen molar-refractivity contribution in [3.05, 3.63) is 41.4 Å². The van der Waals surface area contributed by atoms with E-state index in [1.807, 2.05) is 54.6 Å². The summed E-state index contributed by atoms with van der Waals surface area (Å²) in [7, 11) is 1.94. The van der Waals surface area contributed by atoms with E-state index in [0.717, 1.165) is 10.8 Å². The fourth-order valence-corrected chi connectivity index (χ4v) is 4.71. The van der Waals surface area contributed by atoms with Crippen molar-refractivity contribution in [2.24, 2.45) is 5.41 Å². The first-order valence-electron chi connectivity index (χ1n) is 8.53. The van der Waals surface area contributed by atoms with Gasteiger partial charge in [-0.3, -0.25) is 9.59 Å². The van der Waals surface area contributed by atoms with Crippen molar-refractivity contribution >= 4 is 34.1 Å². The third-order valence-corrected chi connectivity index (χ3v) is 6.06. The quantitative estimate of drug-likeness (QED) is 0.608. The first-order valence-corrected chi connectivity index (χ1v) is 9.41. The molecule has 0 N–H and O–H groups in total. The number of aromatic nitrogens is 1. The van der Waals surface area contributed by atoms with Crippen molar-refractivity contribution in [3.8, 4) is 0 Å². The number of esters is 2. The number of para-hydroxylation sites is 1. The van der Waals surface area contributed by atoms with Crippen LogP contribution in [0.4, 0.5) is 10.8 Å². The SMILES string of the molecule is C[C@@H]1C[C@]2(C[C@@](C)(c3csc(N(C)c4ccccc4)n3)OC2=O)C(=O)O1. The molecule has 0 radical (unpaired) electrons. The molecule has 0 saturated carbocycles. The Labute approximate surface area is 155 Å². The van der Waals surface area contributed by atoms with Crippen molar-refractivity contribution in [2.45, 2.75) is 38.4 Å². The van der Waals surface area contributed by atoms with E-state index in [-0.39, 0.29) is 12.5 Å². The van der Waals surface area contributed by atoms with Gasteiger partial charge >= 0.3 is 11.9 Å². The minimum Gasteiger partial charge on any atom is -0.462 e. The van der Waals surface area contributed by atoms with Crippen LogP contribution in [0.25, 0.3) is 0 Å². The number of nitrogens with zero attached hydrogens (tertiary/aromatic N) is 2. The van der Waals surface area contributed by atoms with Gasteiger partial charge in [0.05, 0.1) is 5.69 Å². The van der Waals surface area contributed by atoms with Gasteiger partial charge in [0.15, 0.2) is 16.1 Å². The summed E-state index contributed by atoms with van der Waals surface area (Å²) in [6, 6.07) is 9.91. The maximum absolute atomic E-state index is 12.5. The lowest BCUT2D eigenvalue weighted by Gasteiger charge is -2.21. The Hall–Kier alpha value is -2.41. The number of anilines is 2. The second-order valence-electron chi connectivity index (χ2n) is 7.21. The molecule has 1 aromatic heterocycles. The summed E-state index contributed by atoms with van der Waals surface area (Å²) in [5.74, 6) is -0.976. The van der Waals surface area contributed by atoms with Crippen LogP contribution >= 0.6 is 11.3 Å². The fraction of sp³-hybridized carbons (Fsp3) is 0.421. The highest BCUT2D eigenvalue weighted by Crippen LogP contribution is 2.52. The Morgan fingerprint density at radius 1 is 1.23 bits per heavy atom. The van der Waals surface area contributed by atoms with Crippen LogP contribution in [0.15, 0.2) is 35.7 Å². The molecule has 0 aliphatic carbocycles. The molecule has 0 amide bonds. The van der Waals surface area contributed by atoms with E-state index in [2.05, 4.69) is 4.98 Å². The zero-order valence-electron chi connectivity index (χ0n) is 14.9. The van der Waals surface area contributed by atoms with Gasteiger partial charge in [0.1, 0.15) is 6.10 Å². The lowest BCUT2D eigenvalue weighted by Crippen LogP contribution is -2.31. The van der Waals surface area contributed by atoms with Gasteiger partial charge in [0.2, 0.25) is 0 Å². The molecular weight excluding hydrogens is 352 g/mol. The molecule has 1 aromatic carbocycles. The zero-order chi connectivity index (χ0) is 18.5. The second-order valence-corrected chi connectivity index (χ2v) is 8.05. The van der Waals surface area contributed by atoms with Crippen molar-refractivity contribution in [2.75, 3.05) is 11.9 Å². The molecule has 4 rings (SSSR count). The predicted molar refractivity (Wildman–Crippen MR) is 97.3 cm³/mol. The number of carbonyl (C=O) groups is 2. The van der Waals surface area contributed by atoms with Gasteiger partial charge in [0, 0.05) is 31.0 Å². The molecule has 136 valence electrons. The lowest BCUT2D eigenvalue weighted by atomic mass is 9.78. The average molecular weight is 372 g/mol. The smallest absolute Gasteiger partial charge is 0.324 e. The Kier molecular flexibility index (Phi) is 3.80. The number of rotatable bonds is 3. The van der Waals surface area contributed by atoms with Crippen LogP contribution in [0.3, 0.4) is 0 Å². The highest BCUT2D eigenvalue weighted by atomic mass is 32.1. The molecule has 0 bridgehead atoms. The highest BCUT2D eigenvalue weighted by molar-refractivity contribution is 7.13. The minimum atomic E-state index is -1.19. The van der Waals surface area contributed by atoms with Crippen molar-refractivity contribution in [3.63, 3.8) is 0 Å². The molecule has 1 spiro atoms. The monoisotopic (exact) mass is 372 g/mol. The summed E-state index contributed by atoms with van der Waals surface area (Å²) in [6.45, 7) is 3.61. The molecule has 2 aromatic rings. The number of hydrogen-bond acceptors (Lipinski definition) is 7. The van der Waals surface area contributed by atoms with Crippen molar-refractivity contribution in [1.29, 1.82) is 0 Å². The third kappa shape index (κ3) is 2.49. The fourth-order valence-electron chi connectivity index (χ4n) is 3.77. The molecule has 2 fully saturated rings. The topological polar surface area (TPSA) is 68.7 Å². The van der Waals surface area contributed by atoms with Gasteiger partial charge in [-0.15, -0.1) is 11.3 Å². The van der Waals surface area contributed by atoms with E-state index in [0.29, 0.717) is 12.1 Å². The molecule has 7 heteroatoms. The lowest BCUT2D eigenvalue weighted by molar-refractivity contribution is -0.160. The molecule has 6 nitrogen and oxygen atoms in total. The number of hydrogen-bond donors (Lipinski definition) is 0. The van der Waals surface area contributed by atoms with Gasteiger partial charge in [-0.05, 0) is 26.0 Å². The van der Waals surface area contributed by atoms with Crippen LogP contribution in [0.1, 0.15) is 32.4 Å². The molecule has 3 heterocycles. The van der Waals surface area contributed by atoms with Crippen LogP contribution in [-0.2, 0) is 24.7 Å². The van der Waals surface area contributed by atoms with Gasteiger partial charge in [-0.1, -0.05) is 18.2 Å². The van der Waals surface area contributed by atoms with Crippen LogP contribution < -0.4 is 4.90 Å². The van der Waals surface area contributed by atoms with Crippen LogP contribution in [0.2, 0.25) is 0 Å². The number of thiazole rings is 1. The van der Waals surface area contributed by atoms with Gasteiger partial charge in [-0.2, -0.15) is 0 Å². The molecule has 26 heavy (non-hydrogen) atoms. The molecular formula is C19H20N2O4S. The third-order valence-electron chi connectivity index (χ3n) is 5.15.